The van der Waals surface area contributed by atoms with Crippen molar-refractivity contribution >= 4 is 55.7 Å². The van der Waals surface area contributed by atoms with Crippen LogP contribution in [0.15, 0.2) is 74.7 Å². The molecule has 0 aliphatic carbocycles. The Morgan fingerprint density at radius 1 is 0.976 bits per heavy atom. The minimum atomic E-state index is -0.493. The third-order valence-electron chi connectivity index (χ3n) is 6.51. The summed E-state index contributed by atoms with van der Waals surface area (Å²) in [5, 5.41) is 15.8. The van der Waals surface area contributed by atoms with Gasteiger partial charge >= 0.3 is 0 Å². The van der Waals surface area contributed by atoms with E-state index in [2.05, 4.69) is 45.9 Å². The number of thioether (sulfide) groups is 1. The zero-order valence-corrected chi connectivity index (χ0v) is 26.3. The number of amidine groups is 2. The normalized spacial score (nSPS) is 15.5. The Balaban J connectivity index is 1.32. The maximum atomic E-state index is 13.0. The number of fused-ring (bicyclic) bond motifs is 1. The third-order valence-corrected chi connectivity index (χ3v) is 8.06. The molecule has 1 amide bonds. The summed E-state index contributed by atoms with van der Waals surface area (Å²) in [7, 11) is 0. The molecule has 0 bridgehead atoms. The van der Waals surface area contributed by atoms with Crippen molar-refractivity contribution in [1.82, 2.24) is 5.01 Å². The van der Waals surface area contributed by atoms with E-state index in [0.717, 1.165) is 28.9 Å². The predicted molar refractivity (Wildman–Crippen MR) is 172 cm³/mol. The highest BCUT2D eigenvalue weighted by molar-refractivity contribution is 9.10. The van der Waals surface area contributed by atoms with Crippen LogP contribution in [0.2, 0.25) is 0 Å². The van der Waals surface area contributed by atoms with Gasteiger partial charge in [0.1, 0.15) is 24.0 Å². The number of ether oxygens (including phenoxy) is 3. The first-order valence-corrected chi connectivity index (χ1v) is 15.3. The molecule has 0 unspecified atom stereocenters. The van der Waals surface area contributed by atoms with Gasteiger partial charge in [-0.1, -0.05) is 42.8 Å². The van der Waals surface area contributed by atoms with E-state index in [4.69, 9.17) is 19.6 Å². The average molecular weight is 648 g/mol. The van der Waals surface area contributed by atoms with Crippen LogP contribution in [0.3, 0.4) is 0 Å². The first kappa shape index (κ1) is 29.6. The van der Waals surface area contributed by atoms with Crippen LogP contribution in [0.25, 0.3) is 6.08 Å². The number of nitrogens with zero attached hydrogens (tertiary/aromatic N) is 3. The Hall–Kier alpha value is -3.89. The molecule has 0 fully saturated rings. The Morgan fingerprint density at radius 3 is 2.48 bits per heavy atom. The first-order chi connectivity index (χ1) is 20.2. The number of halogens is 1. The van der Waals surface area contributed by atoms with Crippen LogP contribution in [0.5, 0.6) is 17.2 Å². The van der Waals surface area contributed by atoms with Crippen molar-refractivity contribution in [2.75, 3.05) is 19.8 Å². The fourth-order valence-electron chi connectivity index (χ4n) is 4.46. The average Bonchev–Trinajstić information content (AvgIpc) is 3.38. The quantitative estimate of drug-likeness (QED) is 0.186. The summed E-state index contributed by atoms with van der Waals surface area (Å²) < 4.78 is 18.5. The van der Waals surface area contributed by atoms with Crippen molar-refractivity contribution in [3.8, 4) is 17.2 Å². The molecular weight excluding hydrogens is 616 g/mol. The van der Waals surface area contributed by atoms with Gasteiger partial charge in [0.25, 0.3) is 5.91 Å². The van der Waals surface area contributed by atoms with Crippen molar-refractivity contribution in [1.29, 1.82) is 5.41 Å². The number of carbonyl (C=O) groups is 1. The van der Waals surface area contributed by atoms with Crippen LogP contribution in [-0.4, -0.2) is 46.8 Å². The Labute approximate surface area is 258 Å². The Morgan fingerprint density at radius 2 is 1.74 bits per heavy atom. The van der Waals surface area contributed by atoms with E-state index in [0.29, 0.717) is 51.6 Å². The van der Waals surface area contributed by atoms with E-state index >= 15 is 0 Å². The molecule has 0 spiro atoms. The first-order valence-electron chi connectivity index (χ1n) is 13.7. The van der Waals surface area contributed by atoms with E-state index in [1.807, 2.05) is 56.3 Å². The maximum absolute atomic E-state index is 13.0. The molecule has 216 valence electrons. The van der Waals surface area contributed by atoms with Crippen LogP contribution >= 0.6 is 27.7 Å². The maximum Gasteiger partial charge on any atom is 0.283 e. The van der Waals surface area contributed by atoms with Crippen LogP contribution in [-0.2, 0) is 11.2 Å². The van der Waals surface area contributed by atoms with Gasteiger partial charge < -0.3 is 14.2 Å². The van der Waals surface area contributed by atoms with E-state index < -0.39 is 5.91 Å². The zero-order chi connectivity index (χ0) is 29.8. The van der Waals surface area contributed by atoms with Gasteiger partial charge in [-0.15, -0.1) is 0 Å². The molecule has 3 aromatic carbocycles. The van der Waals surface area contributed by atoms with Gasteiger partial charge in [-0.3, -0.25) is 10.2 Å². The molecular formula is C32H31BrN4O4S. The highest BCUT2D eigenvalue weighted by Gasteiger charge is 2.36. The molecule has 10 heteroatoms. The van der Waals surface area contributed by atoms with Gasteiger partial charge in [0.15, 0.2) is 17.3 Å². The minimum Gasteiger partial charge on any atom is -0.490 e. The molecule has 5 rings (SSSR count). The summed E-state index contributed by atoms with van der Waals surface area (Å²) in [6.07, 6.45) is 2.57. The molecule has 2 aliphatic rings. The predicted octanol–water partition coefficient (Wildman–Crippen LogP) is 7.15. The molecule has 0 aromatic heterocycles. The standard InChI is InChI=1S/C32H31BrN4O4S/c1-5-21-13-20(4)14-24(15-21)40-11-12-41-28-26(33)17-22(18-27(28)39-6-2)16-25-29(34)37-32(35-30(25)38)42-31(36-37)23-9-7-19(3)8-10-23/h7-10,13-18,34H,5-6,11-12H2,1-4H3/b25-16-,34-29?. The van der Waals surface area contributed by atoms with Gasteiger partial charge in [-0.05, 0) is 102 Å². The van der Waals surface area contributed by atoms with Crippen LogP contribution in [0.4, 0.5) is 0 Å². The molecule has 1 N–H and O–H groups in total. The molecule has 42 heavy (non-hydrogen) atoms. The largest absolute Gasteiger partial charge is 0.490 e. The smallest absolute Gasteiger partial charge is 0.283 e. The molecule has 2 aliphatic heterocycles. The number of carbonyl (C=O) groups excluding carboxylic acids is 1. The molecule has 3 aromatic rings. The second kappa shape index (κ2) is 13.0. The summed E-state index contributed by atoms with van der Waals surface area (Å²) in [5.41, 5.74) is 5.22. The molecule has 0 radical (unpaired) electrons. The van der Waals surface area contributed by atoms with E-state index in [1.165, 1.54) is 22.3 Å². The topological polar surface area (TPSA) is 96.6 Å². The number of aliphatic imine (C=N–C) groups is 1. The number of hydrogen-bond donors (Lipinski definition) is 1. The molecule has 0 saturated heterocycles. The third kappa shape index (κ3) is 6.60. The van der Waals surface area contributed by atoms with Crippen LogP contribution in [0.1, 0.15) is 41.7 Å². The summed E-state index contributed by atoms with van der Waals surface area (Å²) in [6, 6.07) is 17.7. The van der Waals surface area contributed by atoms with Crippen LogP contribution < -0.4 is 14.2 Å². The number of hydrogen-bond acceptors (Lipinski definition) is 7. The van der Waals surface area contributed by atoms with E-state index in [-0.39, 0.29) is 11.4 Å². The summed E-state index contributed by atoms with van der Waals surface area (Å²) in [5.74, 6) is 1.34. The lowest BCUT2D eigenvalue weighted by atomic mass is 10.1. The number of hydrazone groups is 1. The fourth-order valence-corrected chi connectivity index (χ4v) is 5.93. The van der Waals surface area contributed by atoms with Crippen molar-refractivity contribution in [2.45, 2.75) is 34.1 Å². The van der Waals surface area contributed by atoms with Gasteiger partial charge in [0.2, 0.25) is 5.17 Å². The molecule has 0 saturated carbocycles. The summed E-state index contributed by atoms with van der Waals surface area (Å²) >= 11 is 4.87. The lowest BCUT2D eigenvalue weighted by Gasteiger charge is -2.20. The number of nitrogens with one attached hydrogen (secondary N) is 1. The van der Waals surface area contributed by atoms with Gasteiger partial charge in [0.05, 0.1) is 16.7 Å². The lowest BCUT2D eigenvalue weighted by molar-refractivity contribution is -0.114. The number of amides is 1. The van der Waals surface area contributed by atoms with Gasteiger partial charge in [-0.2, -0.15) is 15.1 Å². The Bertz CT molecular complexity index is 1630. The summed E-state index contributed by atoms with van der Waals surface area (Å²) in [4.78, 5) is 17.2. The van der Waals surface area contributed by atoms with Gasteiger partial charge in [-0.25, -0.2) is 0 Å². The van der Waals surface area contributed by atoms with Crippen LogP contribution in [0, 0.1) is 19.3 Å². The van der Waals surface area contributed by atoms with Gasteiger partial charge in [0, 0.05) is 5.56 Å². The van der Waals surface area contributed by atoms with E-state index in [1.54, 1.807) is 12.1 Å². The number of rotatable bonds is 10. The summed E-state index contributed by atoms with van der Waals surface area (Å²) in [6.45, 7) is 9.17. The molecule has 2 heterocycles. The fraction of sp³-hybridized carbons (Fsp3) is 0.250. The van der Waals surface area contributed by atoms with E-state index in [9.17, 15) is 4.79 Å². The SMILES string of the molecule is CCOc1cc(/C=C2/C(=N)N3N=C(c4ccc(C)cc4)SC3=NC2=O)cc(Br)c1OCCOc1cc(C)cc(CC)c1. The molecule has 0 atom stereocenters. The van der Waals surface area contributed by atoms with Crippen molar-refractivity contribution < 1.29 is 19.0 Å². The number of benzene rings is 3. The Kier molecular flexibility index (Phi) is 9.13. The molecule has 8 nitrogen and oxygen atoms in total. The second-order valence-electron chi connectivity index (χ2n) is 9.76. The number of aryl methyl sites for hydroxylation is 3. The van der Waals surface area contributed by atoms with Crippen molar-refractivity contribution in [2.24, 2.45) is 10.1 Å². The van der Waals surface area contributed by atoms with Crippen molar-refractivity contribution in [3.05, 3.63) is 92.5 Å². The highest BCUT2D eigenvalue weighted by Crippen LogP contribution is 2.38. The second-order valence-corrected chi connectivity index (χ2v) is 11.6. The lowest BCUT2D eigenvalue weighted by Crippen LogP contribution is -2.35. The highest BCUT2D eigenvalue weighted by atomic mass is 79.9. The van der Waals surface area contributed by atoms with Crippen molar-refractivity contribution in [3.63, 3.8) is 0 Å². The minimum absolute atomic E-state index is 0.0338. The zero-order valence-electron chi connectivity index (χ0n) is 23.9. The monoisotopic (exact) mass is 646 g/mol.